The van der Waals surface area contributed by atoms with E-state index >= 15 is 0 Å². The summed E-state index contributed by atoms with van der Waals surface area (Å²) >= 11 is 0. The molecule has 0 spiro atoms. The number of Topliss-reactive ketones (excluding diaryl/α,β-unsaturated/α-hetero) is 1. The second-order valence-corrected chi connectivity index (χ2v) is 13.2. The predicted octanol–water partition coefficient (Wildman–Crippen LogP) is -5.83. The van der Waals surface area contributed by atoms with Crippen LogP contribution < -0.4 is 34.0 Å². The molecule has 0 aromatic rings. The Kier molecular flexibility index (Phi) is 13.1. The molecule has 0 radical (unpaired) electrons. The average Bonchev–Trinajstić information content (AvgIpc) is 2.97. The van der Waals surface area contributed by atoms with E-state index in [1.807, 2.05) is 0 Å². The van der Waals surface area contributed by atoms with E-state index in [9.17, 15) is 35.4 Å². The summed E-state index contributed by atoms with van der Waals surface area (Å²) in [5, 5.41) is 66.2. The van der Waals surface area contributed by atoms with Crippen LogP contribution in [0.2, 0.25) is 0 Å². The molecule has 2 aliphatic heterocycles. The highest BCUT2D eigenvalue weighted by Gasteiger charge is 2.53. The van der Waals surface area contributed by atoms with Crippen molar-refractivity contribution >= 4 is 5.78 Å². The Bertz CT molecular complexity index is 949. The molecular formula is C28H54N6O11. The highest BCUT2D eigenvalue weighted by atomic mass is 16.7. The third-order valence-electron chi connectivity index (χ3n) is 9.57. The van der Waals surface area contributed by atoms with Crippen LogP contribution in [0.15, 0.2) is 0 Å². The number of carbonyl (C=O) groups is 1. The van der Waals surface area contributed by atoms with E-state index in [1.54, 1.807) is 0 Å². The Labute approximate surface area is 262 Å². The molecular weight excluding hydrogens is 596 g/mol. The molecule has 0 amide bonds. The highest BCUT2D eigenvalue weighted by Crippen LogP contribution is 2.39. The first kappa shape index (κ1) is 36.9. The van der Waals surface area contributed by atoms with Crippen molar-refractivity contribution in [2.45, 2.75) is 136 Å². The van der Waals surface area contributed by atoms with Gasteiger partial charge in [0.25, 0.3) is 0 Å². The number of aliphatic hydroxyl groups is 6. The molecule has 0 bridgehead atoms. The van der Waals surface area contributed by atoms with Crippen LogP contribution in [0.5, 0.6) is 0 Å². The van der Waals surface area contributed by atoms with E-state index in [-0.39, 0.29) is 37.8 Å². The van der Waals surface area contributed by atoms with Gasteiger partial charge in [-0.2, -0.15) is 0 Å². The molecule has 4 aliphatic rings. The van der Waals surface area contributed by atoms with Crippen LogP contribution in [0.1, 0.15) is 44.9 Å². The van der Waals surface area contributed by atoms with Crippen LogP contribution in [0.3, 0.4) is 0 Å². The minimum Gasteiger partial charge on any atom is -0.394 e. The molecule has 262 valence electrons. The third-order valence-corrected chi connectivity index (χ3v) is 9.57. The van der Waals surface area contributed by atoms with Gasteiger partial charge in [0.1, 0.15) is 36.1 Å². The van der Waals surface area contributed by atoms with Gasteiger partial charge >= 0.3 is 0 Å². The first-order valence-corrected chi connectivity index (χ1v) is 15.9. The molecule has 2 saturated carbocycles. The lowest BCUT2D eigenvalue weighted by Gasteiger charge is -2.49. The summed E-state index contributed by atoms with van der Waals surface area (Å²) in [4.78, 5) is 13.2. The molecule has 2 aliphatic carbocycles. The fourth-order valence-corrected chi connectivity index (χ4v) is 6.77. The lowest BCUT2D eigenvalue weighted by Crippen LogP contribution is -2.66. The van der Waals surface area contributed by atoms with Gasteiger partial charge in [-0.1, -0.05) is 0 Å². The van der Waals surface area contributed by atoms with Crippen LogP contribution in [-0.4, -0.2) is 154 Å². The summed E-state index contributed by atoms with van der Waals surface area (Å²) in [5.74, 6) is -1.22. The maximum absolute atomic E-state index is 13.2. The van der Waals surface area contributed by atoms with Gasteiger partial charge in [-0.3, -0.25) is 4.79 Å². The maximum Gasteiger partial charge on any atom is 0.186 e. The summed E-state index contributed by atoms with van der Waals surface area (Å²) in [7, 11) is 0. The number of nitrogens with two attached hydrogens (primary N) is 5. The molecule has 2 saturated heterocycles. The number of aliphatic hydroxyl groups excluding tert-OH is 5. The molecule has 2 unspecified atom stereocenters. The molecule has 17 heteroatoms. The maximum atomic E-state index is 13.2. The summed E-state index contributed by atoms with van der Waals surface area (Å²) in [5.41, 5.74) is 28.5. The standard InChI is InChI=1S/C28H54N6O11/c29-4-3-14(36)9-34-10-15-1-2-16(31)26(42-15)45-25-17(32)5-12(6-19(37)28(41)7-13(30)8-28)24(23(25)40)44-27-22(39)20(33)21(38)18(11-35)43-27/h12-18,20-27,34-36,38-41H,1-11,29-33H2/t12-,13?,14?,15-,16+,17-,18+,20-,21+,22+,23+,24-,25?,26+,27+,28?/m0/s1. The van der Waals surface area contributed by atoms with E-state index in [0.717, 1.165) is 0 Å². The minimum atomic E-state index is -1.59. The van der Waals surface area contributed by atoms with E-state index < -0.39 is 97.3 Å². The zero-order valence-electron chi connectivity index (χ0n) is 25.5. The van der Waals surface area contributed by atoms with Crippen molar-refractivity contribution in [1.29, 1.82) is 0 Å². The normalized spacial score (nSPS) is 46.4. The number of rotatable bonds is 14. The van der Waals surface area contributed by atoms with Crippen molar-refractivity contribution in [3.8, 4) is 0 Å². The number of hydrogen-bond acceptors (Lipinski definition) is 17. The van der Waals surface area contributed by atoms with Crippen molar-refractivity contribution in [2.75, 3.05) is 26.2 Å². The Balaban J connectivity index is 1.47. The number of nitrogens with one attached hydrogen (secondary N) is 1. The van der Waals surface area contributed by atoms with Crippen molar-refractivity contribution in [2.24, 2.45) is 34.6 Å². The van der Waals surface area contributed by atoms with Crippen molar-refractivity contribution < 1.29 is 54.4 Å². The SMILES string of the molecule is NCCC(O)CNC[C@@H]1CC[C@@H](N)[C@@H](OC2[C@@H](N)C[C@@H](CC(=O)C3(O)CC(N)C3)[C@H](O[C@H]3O[C@H](CO)[C@@H](O)[C@H](N)[C@H]3O)[C@H]2O)O1. The van der Waals surface area contributed by atoms with E-state index in [1.165, 1.54) is 0 Å². The third kappa shape index (κ3) is 8.74. The summed E-state index contributed by atoms with van der Waals surface area (Å²) in [6, 6.07) is -2.87. The first-order valence-electron chi connectivity index (χ1n) is 15.9. The van der Waals surface area contributed by atoms with Gasteiger partial charge in [0, 0.05) is 31.6 Å². The van der Waals surface area contributed by atoms with Crippen molar-refractivity contribution in [1.82, 2.24) is 5.32 Å². The number of hydrogen-bond donors (Lipinski definition) is 12. The predicted molar refractivity (Wildman–Crippen MR) is 158 cm³/mol. The van der Waals surface area contributed by atoms with Gasteiger partial charge in [-0.25, -0.2) is 0 Å². The lowest BCUT2D eigenvalue weighted by molar-refractivity contribution is -0.318. The summed E-state index contributed by atoms with van der Waals surface area (Å²) in [6.07, 6.45) is -9.37. The quantitative estimate of drug-likeness (QED) is 0.0832. The van der Waals surface area contributed by atoms with Gasteiger partial charge < -0.3 is 83.6 Å². The number of ether oxygens (including phenoxy) is 4. The number of ketones is 1. The Morgan fingerprint density at radius 1 is 0.956 bits per heavy atom. The average molecular weight is 651 g/mol. The fraction of sp³-hybridized carbons (Fsp3) is 0.964. The zero-order valence-corrected chi connectivity index (χ0v) is 25.5. The van der Waals surface area contributed by atoms with Crippen LogP contribution in [0.25, 0.3) is 0 Å². The van der Waals surface area contributed by atoms with E-state index in [0.29, 0.717) is 38.9 Å². The minimum absolute atomic E-state index is 0.110. The molecule has 17 N–H and O–H groups in total. The molecule has 14 atom stereocenters. The summed E-state index contributed by atoms with van der Waals surface area (Å²) < 4.78 is 24.0. The highest BCUT2D eigenvalue weighted by molar-refractivity contribution is 5.88. The molecule has 0 aromatic carbocycles. The first-order chi connectivity index (χ1) is 21.3. The van der Waals surface area contributed by atoms with Crippen LogP contribution in [0.4, 0.5) is 0 Å². The smallest absolute Gasteiger partial charge is 0.186 e. The molecule has 17 nitrogen and oxygen atoms in total. The Morgan fingerprint density at radius 3 is 2.29 bits per heavy atom. The molecule has 4 fully saturated rings. The van der Waals surface area contributed by atoms with Crippen LogP contribution in [-0.2, 0) is 23.7 Å². The molecule has 0 aromatic heterocycles. The van der Waals surface area contributed by atoms with Gasteiger partial charge in [-0.05, 0) is 51.0 Å². The Hall–Kier alpha value is -0.970. The van der Waals surface area contributed by atoms with Crippen LogP contribution >= 0.6 is 0 Å². The topological polar surface area (TPSA) is 318 Å². The molecule has 45 heavy (non-hydrogen) atoms. The monoisotopic (exact) mass is 650 g/mol. The van der Waals surface area contributed by atoms with Crippen molar-refractivity contribution in [3.63, 3.8) is 0 Å². The van der Waals surface area contributed by atoms with Gasteiger partial charge in [0.15, 0.2) is 18.4 Å². The number of carbonyl (C=O) groups excluding carboxylic acids is 1. The lowest BCUT2D eigenvalue weighted by atomic mass is 9.69. The zero-order chi connectivity index (χ0) is 33.1. The molecule has 2 heterocycles. The second kappa shape index (κ2) is 16.0. The molecule has 4 rings (SSSR count). The van der Waals surface area contributed by atoms with Gasteiger partial charge in [0.2, 0.25) is 0 Å². The second-order valence-electron chi connectivity index (χ2n) is 13.2. The largest absolute Gasteiger partial charge is 0.394 e. The Morgan fingerprint density at radius 2 is 1.64 bits per heavy atom. The van der Waals surface area contributed by atoms with Gasteiger partial charge in [0.05, 0.1) is 37.0 Å². The van der Waals surface area contributed by atoms with Crippen molar-refractivity contribution in [3.05, 3.63) is 0 Å². The van der Waals surface area contributed by atoms with Gasteiger partial charge in [-0.15, -0.1) is 0 Å². The van der Waals surface area contributed by atoms with Crippen LogP contribution in [0, 0.1) is 5.92 Å². The fourth-order valence-electron chi connectivity index (χ4n) is 6.77. The summed E-state index contributed by atoms with van der Waals surface area (Å²) in [6.45, 7) is 0.521. The van der Waals surface area contributed by atoms with E-state index in [4.69, 9.17) is 47.6 Å². The van der Waals surface area contributed by atoms with E-state index in [2.05, 4.69) is 5.32 Å².